The van der Waals surface area contributed by atoms with Crippen LogP contribution in [0.2, 0.25) is 0 Å². The lowest BCUT2D eigenvalue weighted by Crippen LogP contribution is -2.50. The summed E-state index contributed by atoms with van der Waals surface area (Å²) in [5.74, 6) is 0.0126. The van der Waals surface area contributed by atoms with E-state index >= 15 is 0 Å². The van der Waals surface area contributed by atoms with E-state index in [-0.39, 0.29) is 12.5 Å². The highest BCUT2D eigenvalue weighted by Gasteiger charge is 2.24. The Morgan fingerprint density at radius 1 is 1.23 bits per heavy atom. The number of fused-ring (bicyclic) bond motifs is 1. The molecule has 2 heterocycles. The van der Waals surface area contributed by atoms with E-state index in [1.807, 2.05) is 35.2 Å². The SMILES string of the molecule is O=C(c1cc2ccccc2[nH]1)N1CCN(CC(O)CO)CC1. The van der Waals surface area contributed by atoms with Crippen LogP contribution >= 0.6 is 0 Å². The zero-order chi connectivity index (χ0) is 15.5. The normalized spacial score (nSPS) is 17.8. The van der Waals surface area contributed by atoms with Crippen molar-refractivity contribution in [3.8, 4) is 0 Å². The number of aliphatic hydroxyl groups is 2. The molecule has 3 rings (SSSR count). The molecule has 1 aromatic carbocycles. The number of H-pyrrole nitrogens is 1. The zero-order valence-corrected chi connectivity index (χ0v) is 12.4. The van der Waals surface area contributed by atoms with Gasteiger partial charge < -0.3 is 20.1 Å². The molecule has 3 N–H and O–H groups in total. The summed E-state index contributed by atoms with van der Waals surface area (Å²) >= 11 is 0. The number of aromatic amines is 1. The summed E-state index contributed by atoms with van der Waals surface area (Å²) in [6, 6.07) is 9.73. The van der Waals surface area contributed by atoms with Gasteiger partial charge in [0.25, 0.3) is 5.91 Å². The number of para-hydroxylation sites is 1. The largest absolute Gasteiger partial charge is 0.394 e. The van der Waals surface area contributed by atoms with Crippen LogP contribution in [0.4, 0.5) is 0 Å². The highest BCUT2D eigenvalue weighted by Crippen LogP contribution is 2.16. The quantitative estimate of drug-likeness (QED) is 0.758. The van der Waals surface area contributed by atoms with Crippen LogP contribution in [-0.2, 0) is 0 Å². The molecular weight excluding hydrogens is 282 g/mol. The number of carbonyl (C=O) groups is 1. The molecule has 2 aromatic rings. The molecule has 118 valence electrons. The Bertz CT molecular complexity index is 614. The van der Waals surface area contributed by atoms with Crippen molar-refractivity contribution in [2.24, 2.45) is 0 Å². The second-order valence-electron chi connectivity index (χ2n) is 5.70. The minimum absolute atomic E-state index is 0.0126. The van der Waals surface area contributed by atoms with E-state index in [2.05, 4.69) is 9.88 Å². The summed E-state index contributed by atoms with van der Waals surface area (Å²) in [7, 11) is 0. The van der Waals surface area contributed by atoms with E-state index in [0.717, 1.165) is 10.9 Å². The van der Waals surface area contributed by atoms with Gasteiger partial charge in [-0.3, -0.25) is 9.69 Å². The molecule has 22 heavy (non-hydrogen) atoms. The molecule has 1 fully saturated rings. The fourth-order valence-electron chi connectivity index (χ4n) is 2.85. The van der Waals surface area contributed by atoms with E-state index in [9.17, 15) is 9.90 Å². The van der Waals surface area contributed by atoms with Crippen molar-refractivity contribution in [1.29, 1.82) is 0 Å². The van der Waals surface area contributed by atoms with E-state index in [0.29, 0.717) is 38.4 Å². The van der Waals surface area contributed by atoms with E-state index in [1.54, 1.807) is 0 Å². The van der Waals surface area contributed by atoms with Gasteiger partial charge in [0.05, 0.1) is 12.7 Å². The van der Waals surface area contributed by atoms with Gasteiger partial charge in [-0.1, -0.05) is 18.2 Å². The lowest BCUT2D eigenvalue weighted by molar-refractivity contribution is 0.0356. The first-order chi connectivity index (χ1) is 10.7. The van der Waals surface area contributed by atoms with Crippen LogP contribution < -0.4 is 0 Å². The van der Waals surface area contributed by atoms with Gasteiger partial charge in [0.1, 0.15) is 5.69 Å². The minimum Gasteiger partial charge on any atom is -0.394 e. The number of hydrogen-bond acceptors (Lipinski definition) is 4. The van der Waals surface area contributed by atoms with Crippen molar-refractivity contribution in [2.75, 3.05) is 39.3 Å². The Morgan fingerprint density at radius 2 is 1.95 bits per heavy atom. The molecule has 0 spiro atoms. The third-order valence-corrected chi connectivity index (χ3v) is 4.10. The molecule has 0 bridgehead atoms. The first kappa shape index (κ1) is 15.0. The van der Waals surface area contributed by atoms with Crippen LogP contribution in [0.3, 0.4) is 0 Å². The predicted octanol–water partition coefficient (Wildman–Crippen LogP) is 0.279. The van der Waals surface area contributed by atoms with Gasteiger partial charge in [-0.2, -0.15) is 0 Å². The van der Waals surface area contributed by atoms with Crippen molar-refractivity contribution < 1.29 is 15.0 Å². The molecular formula is C16H21N3O3. The summed E-state index contributed by atoms with van der Waals surface area (Å²) in [5, 5.41) is 19.4. The van der Waals surface area contributed by atoms with Crippen LogP contribution in [-0.4, -0.2) is 76.3 Å². The lowest BCUT2D eigenvalue weighted by Gasteiger charge is -2.35. The van der Waals surface area contributed by atoms with Crippen molar-refractivity contribution in [2.45, 2.75) is 6.10 Å². The Balaban J connectivity index is 1.62. The number of benzene rings is 1. The Labute approximate surface area is 129 Å². The standard InChI is InChI=1S/C16H21N3O3/c20-11-13(21)10-18-5-7-19(8-6-18)16(22)15-9-12-3-1-2-4-14(12)17-15/h1-4,9,13,17,20-21H,5-8,10-11H2. The topological polar surface area (TPSA) is 79.8 Å². The molecule has 0 saturated carbocycles. The Kier molecular flexibility index (Phi) is 4.42. The summed E-state index contributed by atoms with van der Waals surface area (Å²) in [6.45, 7) is 2.91. The fraction of sp³-hybridized carbons (Fsp3) is 0.438. The van der Waals surface area contributed by atoms with Crippen molar-refractivity contribution in [3.05, 3.63) is 36.0 Å². The summed E-state index contributed by atoms with van der Waals surface area (Å²) in [4.78, 5) is 19.6. The monoisotopic (exact) mass is 303 g/mol. The highest BCUT2D eigenvalue weighted by molar-refractivity contribution is 5.98. The molecule has 1 unspecified atom stereocenters. The maximum Gasteiger partial charge on any atom is 0.270 e. The number of aromatic nitrogens is 1. The summed E-state index contributed by atoms with van der Waals surface area (Å²) in [6.07, 6.45) is -0.712. The number of nitrogens with one attached hydrogen (secondary N) is 1. The van der Waals surface area contributed by atoms with Crippen molar-refractivity contribution >= 4 is 16.8 Å². The molecule has 6 nitrogen and oxygen atoms in total. The first-order valence-electron chi connectivity index (χ1n) is 7.55. The second kappa shape index (κ2) is 6.48. The second-order valence-corrected chi connectivity index (χ2v) is 5.70. The molecule has 1 saturated heterocycles. The number of aliphatic hydroxyl groups excluding tert-OH is 2. The van der Waals surface area contributed by atoms with Gasteiger partial charge in [0, 0.05) is 43.6 Å². The molecule has 1 atom stereocenters. The van der Waals surface area contributed by atoms with Crippen LogP contribution in [0.15, 0.2) is 30.3 Å². The maximum atomic E-state index is 12.5. The zero-order valence-electron chi connectivity index (χ0n) is 12.4. The van der Waals surface area contributed by atoms with Gasteiger partial charge >= 0.3 is 0 Å². The van der Waals surface area contributed by atoms with Gasteiger partial charge in [0.15, 0.2) is 0 Å². The number of rotatable bonds is 4. The Morgan fingerprint density at radius 3 is 2.64 bits per heavy atom. The van der Waals surface area contributed by atoms with Crippen LogP contribution in [0.25, 0.3) is 10.9 Å². The molecule has 1 aliphatic heterocycles. The average Bonchev–Trinajstić information content (AvgIpc) is 2.98. The number of carbonyl (C=O) groups excluding carboxylic acids is 1. The van der Waals surface area contributed by atoms with Crippen molar-refractivity contribution in [3.63, 3.8) is 0 Å². The van der Waals surface area contributed by atoms with Gasteiger partial charge in [-0.25, -0.2) is 0 Å². The lowest BCUT2D eigenvalue weighted by atomic mass is 10.2. The van der Waals surface area contributed by atoms with Crippen LogP contribution in [0.1, 0.15) is 10.5 Å². The summed E-state index contributed by atoms with van der Waals surface area (Å²) < 4.78 is 0. The third kappa shape index (κ3) is 3.14. The van der Waals surface area contributed by atoms with E-state index in [4.69, 9.17) is 5.11 Å². The molecule has 1 aromatic heterocycles. The van der Waals surface area contributed by atoms with E-state index in [1.165, 1.54) is 0 Å². The number of nitrogens with zero attached hydrogens (tertiary/aromatic N) is 2. The van der Waals surface area contributed by atoms with Gasteiger partial charge in [-0.05, 0) is 12.1 Å². The smallest absolute Gasteiger partial charge is 0.270 e. The first-order valence-corrected chi connectivity index (χ1v) is 7.55. The fourth-order valence-corrected chi connectivity index (χ4v) is 2.85. The van der Waals surface area contributed by atoms with Crippen LogP contribution in [0, 0.1) is 0 Å². The van der Waals surface area contributed by atoms with Crippen molar-refractivity contribution in [1.82, 2.24) is 14.8 Å². The average molecular weight is 303 g/mol. The molecule has 1 amide bonds. The Hall–Kier alpha value is -1.89. The predicted molar refractivity (Wildman–Crippen MR) is 83.7 cm³/mol. The number of hydrogen-bond donors (Lipinski definition) is 3. The van der Waals surface area contributed by atoms with Gasteiger partial charge in [-0.15, -0.1) is 0 Å². The number of amides is 1. The molecule has 1 aliphatic rings. The molecule has 0 aliphatic carbocycles. The third-order valence-electron chi connectivity index (χ3n) is 4.10. The van der Waals surface area contributed by atoms with E-state index < -0.39 is 6.10 Å². The number of piperazine rings is 1. The maximum absolute atomic E-state index is 12.5. The van der Waals surface area contributed by atoms with Gasteiger partial charge in [0.2, 0.25) is 0 Å². The van der Waals surface area contributed by atoms with Crippen LogP contribution in [0.5, 0.6) is 0 Å². The minimum atomic E-state index is -0.712. The number of β-amino-alcohol motifs (C(OH)–C–C–N with tert-alkyl or cyclic N) is 1. The molecule has 6 heteroatoms. The summed E-state index contributed by atoms with van der Waals surface area (Å²) in [5.41, 5.74) is 1.58. The highest BCUT2D eigenvalue weighted by atomic mass is 16.3. The molecule has 0 radical (unpaired) electrons.